The maximum atomic E-state index is 13.0. The molecule has 2 fully saturated rings. The average molecular weight is 399 g/mol. The summed E-state index contributed by atoms with van der Waals surface area (Å²) in [5, 5.41) is 6.30. The Balaban J connectivity index is 1.45. The molecule has 1 amide bonds. The van der Waals surface area contributed by atoms with Crippen molar-refractivity contribution in [3.8, 4) is 5.75 Å². The van der Waals surface area contributed by atoms with Gasteiger partial charge in [-0.05, 0) is 62.9 Å². The van der Waals surface area contributed by atoms with Gasteiger partial charge in [0, 0.05) is 31.2 Å². The maximum Gasteiger partial charge on any atom is 0.416 e. The Kier molecular flexibility index (Phi) is 6.82. The fraction of sp³-hybridized carbons (Fsp3) is 0.650. The third kappa shape index (κ3) is 6.10. The van der Waals surface area contributed by atoms with E-state index >= 15 is 0 Å². The van der Waals surface area contributed by atoms with Gasteiger partial charge in [-0.2, -0.15) is 13.2 Å². The van der Waals surface area contributed by atoms with Crippen molar-refractivity contribution in [1.82, 2.24) is 15.5 Å². The summed E-state index contributed by atoms with van der Waals surface area (Å²) in [6, 6.07) is 3.82. The molecule has 0 bridgehead atoms. The first-order valence-electron chi connectivity index (χ1n) is 9.85. The molecular weight excluding hydrogens is 371 g/mol. The SMILES string of the molecule is COc1cc(C(=O)NCC2CCN(CCNC3CC3)CC2)cc(C(F)(F)F)c1. The van der Waals surface area contributed by atoms with Gasteiger partial charge in [0.2, 0.25) is 0 Å². The molecule has 28 heavy (non-hydrogen) atoms. The Hall–Kier alpha value is -1.80. The van der Waals surface area contributed by atoms with Gasteiger partial charge in [0.25, 0.3) is 5.91 Å². The minimum Gasteiger partial charge on any atom is -0.497 e. The summed E-state index contributed by atoms with van der Waals surface area (Å²) in [4.78, 5) is 14.8. The number of piperidine rings is 1. The average Bonchev–Trinajstić information content (AvgIpc) is 3.50. The minimum atomic E-state index is -4.52. The van der Waals surface area contributed by atoms with Crippen LogP contribution in [0, 0.1) is 5.92 Å². The Morgan fingerprint density at radius 2 is 1.89 bits per heavy atom. The van der Waals surface area contributed by atoms with Crippen LogP contribution in [0.2, 0.25) is 0 Å². The number of hydrogen-bond acceptors (Lipinski definition) is 4. The van der Waals surface area contributed by atoms with E-state index in [-0.39, 0.29) is 11.3 Å². The molecule has 0 atom stereocenters. The zero-order valence-electron chi connectivity index (χ0n) is 16.1. The minimum absolute atomic E-state index is 0.0214. The standard InChI is InChI=1S/C20H28F3N3O2/c1-28-18-11-15(10-16(12-18)20(21,22)23)19(27)25-13-14-4-7-26(8-5-14)9-6-24-17-2-3-17/h10-12,14,17,24H,2-9,13H2,1H3,(H,25,27). The molecule has 1 aliphatic heterocycles. The van der Waals surface area contributed by atoms with E-state index in [1.54, 1.807) is 0 Å². The van der Waals surface area contributed by atoms with Crippen LogP contribution in [-0.2, 0) is 6.18 Å². The highest BCUT2D eigenvalue weighted by Gasteiger charge is 2.32. The summed E-state index contributed by atoms with van der Waals surface area (Å²) in [6.45, 7) is 4.52. The molecule has 156 valence electrons. The van der Waals surface area contributed by atoms with Gasteiger partial charge in [-0.3, -0.25) is 4.79 Å². The largest absolute Gasteiger partial charge is 0.497 e. The van der Waals surface area contributed by atoms with E-state index in [4.69, 9.17) is 4.74 Å². The van der Waals surface area contributed by atoms with Crippen molar-refractivity contribution in [2.45, 2.75) is 37.9 Å². The summed E-state index contributed by atoms with van der Waals surface area (Å²) in [5.41, 5.74) is -0.916. The topological polar surface area (TPSA) is 53.6 Å². The molecular formula is C20H28F3N3O2. The lowest BCUT2D eigenvalue weighted by Crippen LogP contribution is -2.41. The van der Waals surface area contributed by atoms with E-state index in [1.807, 2.05) is 0 Å². The third-order valence-corrected chi connectivity index (χ3v) is 5.43. The van der Waals surface area contributed by atoms with Gasteiger partial charge in [-0.1, -0.05) is 0 Å². The molecule has 1 aromatic rings. The summed E-state index contributed by atoms with van der Waals surface area (Å²) < 4.78 is 43.9. The van der Waals surface area contributed by atoms with Crippen LogP contribution >= 0.6 is 0 Å². The van der Waals surface area contributed by atoms with Gasteiger partial charge in [0.15, 0.2) is 0 Å². The fourth-order valence-electron chi connectivity index (χ4n) is 3.48. The van der Waals surface area contributed by atoms with Gasteiger partial charge in [0.1, 0.15) is 5.75 Å². The highest BCUT2D eigenvalue weighted by molar-refractivity contribution is 5.94. The van der Waals surface area contributed by atoms with Crippen molar-refractivity contribution in [1.29, 1.82) is 0 Å². The second-order valence-corrected chi connectivity index (χ2v) is 7.67. The van der Waals surface area contributed by atoms with Crippen molar-refractivity contribution < 1.29 is 22.7 Å². The smallest absolute Gasteiger partial charge is 0.416 e. The second kappa shape index (κ2) is 9.13. The number of nitrogens with one attached hydrogen (secondary N) is 2. The number of halogens is 3. The quantitative estimate of drug-likeness (QED) is 0.706. The lowest BCUT2D eigenvalue weighted by atomic mass is 9.96. The van der Waals surface area contributed by atoms with Crippen LogP contribution in [0.4, 0.5) is 13.2 Å². The molecule has 1 heterocycles. The molecule has 3 rings (SSSR count). The van der Waals surface area contributed by atoms with Crippen molar-refractivity contribution in [3.05, 3.63) is 29.3 Å². The molecule has 0 radical (unpaired) electrons. The Morgan fingerprint density at radius 3 is 2.50 bits per heavy atom. The van der Waals surface area contributed by atoms with Crippen molar-refractivity contribution in [3.63, 3.8) is 0 Å². The van der Waals surface area contributed by atoms with Gasteiger partial charge < -0.3 is 20.3 Å². The highest BCUT2D eigenvalue weighted by atomic mass is 19.4. The number of carbonyl (C=O) groups is 1. The van der Waals surface area contributed by atoms with Crippen molar-refractivity contribution in [2.24, 2.45) is 5.92 Å². The van der Waals surface area contributed by atoms with Gasteiger partial charge in [0.05, 0.1) is 12.7 Å². The fourth-order valence-corrected chi connectivity index (χ4v) is 3.48. The normalized spacial score (nSPS) is 18.9. The van der Waals surface area contributed by atoms with Crippen LogP contribution in [0.1, 0.15) is 41.6 Å². The summed E-state index contributed by atoms with van der Waals surface area (Å²) in [5.74, 6) is -0.127. The van der Waals surface area contributed by atoms with E-state index in [2.05, 4.69) is 15.5 Å². The molecule has 8 heteroatoms. The number of rotatable bonds is 8. The monoisotopic (exact) mass is 399 g/mol. The number of benzene rings is 1. The van der Waals surface area contributed by atoms with Crippen molar-refractivity contribution in [2.75, 3.05) is 39.8 Å². The molecule has 5 nitrogen and oxygen atoms in total. The number of hydrogen-bond donors (Lipinski definition) is 2. The van der Waals surface area contributed by atoms with E-state index in [0.717, 1.165) is 57.2 Å². The highest BCUT2D eigenvalue weighted by Crippen LogP contribution is 2.32. The number of likely N-dealkylation sites (tertiary alicyclic amines) is 1. The van der Waals surface area contributed by atoms with Crippen LogP contribution < -0.4 is 15.4 Å². The molecule has 1 saturated heterocycles. The molecule has 1 saturated carbocycles. The molecule has 2 aliphatic rings. The van der Waals surface area contributed by atoms with Crippen LogP contribution in [-0.4, -0.2) is 56.7 Å². The van der Waals surface area contributed by atoms with Crippen LogP contribution in [0.5, 0.6) is 5.75 Å². The third-order valence-electron chi connectivity index (χ3n) is 5.43. The molecule has 1 aliphatic carbocycles. The number of ether oxygens (including phenoxy) is 1. The molecule has 0 aromatic heterocycles. The molecule has 2 N–H and O–H groups in total. The van der Waals surface area contributed by atoms with Gasteiger partial charge in [-0.25, -0.2) is 0 Å². The first-order chi connectivity index (χ1) is 13.3. The van der Waals surface area contributed by atoms with Crippen molar-refractivity contribution >= 4 is 5.91 Å². The first-order valence-corrected chi connectivity index (χ1v) is 9.85. The van der Waals surface area contributed by atoms with Crippen LogP contribution in [0.25, 0.3) is 0 Å². The zero-order valence-corrected chi connectivity index (χ0v) is 16.1. The predicted octanol–water partition coefficient (Wildman–Crippen LogP) is 2.91. The summed E-state index contributed by atoms with van der Waals surface area (Å²) >= 11 is 0. The second-order valence-electron chi connectivity index (χ2n) is 7.67. The Morgan fingerprint density at radius 1 is 1.18 bits per heavy atom. The molecule has 1 aromatic carbocycles. The predicted molar refractivity (Wildman–Crippen MR) is 101 cm³/mol. The lowest BCUT2D eigenvalue weighted by Gasteiger charge is -2.32. The van der Waals surface area contributed by atoms with Crippen LogP contribution in [0.15, 0.2) is 18.2 Å². The van der Waals surface area contributed by atoms with Gasteiger partial charge >= 0.3 is 6.18 Å². The summed E-state index contributed by atoms with van der Waals surface area (Å²) in [7, 11) is 1.28. The number of carbonyl (C=O) groups excluding carboxylic acids is 1. The van der Waals surface area contributed by atoms with E-state index in [9.17, 15) is 18.0 Å². The zero-order chi connectivity index (χ0) is 20.1. The Labute approximate surface area is 163 Å². The van der Waals surface area contributed by atoms with Crippen LogP contribution in [0.3, 0.4) is 0 Å². The molecule has 0 unspecified atom stereocenters. The number of amides is 1. The maximum absolute atomic E-state index is 13.0. The van der Waals surface area contributed by atoms with E-state index < -0.39 is 17.6 Å². The first kappa shape index (κ1) is 20.9. The molecule has 0 spiro atoms. The van der Waals surface area contributed by atoms with E-state index in [0.29, 0.717) is 12.5 Å². The van der Waals surface area contributed by atoms with Gasteiger partial charge in [-0.15, -0.1) is 0 Å². The lowest BCUT2D eigenvalue weighted by molar-refractivity contribution is -0.137. The Bertz CT molecular complexity index is 669. The number of nitrogens with zero attached hydrogens (tertiary/aromatic N) is 1. The summed E-state index contributed by atoms with van der Waals surface area (Å²) in [6.07, 6.45) is 0.0229. The number of methoxy groups -OCH3 is 1. The van der Waals surface area contributed by atoms with E-state index in [1.165, 1.54) is 26.0 Å². The number of alkyl halides is 3.